The lowest BCUT2D eigenvalue weighted by molar-refractivity contribution is -0.124. The molecule has 0 saturated heterocycles. The molecule has 0 spiro atoms. The lowest BCUT2D eigenvalue weighted by Gasteiger charge is -2.41. The van der Waals surface area contributed by atoms with Crippen LogP contribution in [-0.2, 0) is 11.2 Å². The number of amides is 1. The molecule has 0 radical (unpaired) electrons. The van der Waals surface area contributed by atoms with Gasteiger partial charge in [0.2, 0.25) is 5.91 Å². The number of carbonyl (C=O) groups is 1. The van der Waals surface area contributed by atoms with Crippen molar-refractivity contribution < 1.29 is 14.4 Å². The number of rotatable bonds is 4. The van der Waals surface area contributed by atoms with E-state index in [1.807, 2.05) is 13.1 Å². The maximum Gasteiger partial charge on any atom is 0.226 e. The van der Waals surface area contributed by atoms with Crippen LogP contribution in [0.4, 0.5) is 0 Å². The molecule has 0 unspecified atom stereocenters. The van der Waals surface area contributed by atoms with Crippen LogP contribution < -0.4 is 5.32 Å². The molecule has 1 aliphatic carbocycles. The Morgan fingerprint density at radius 3 is 3.10 bits per heavy atom. The fourth-order valence-corrected chi connectivity index (χ4v) is 2.46. The minimum atomic E-state index is -0.480. The van der Waals surface area contributed by atoms with Crippen LogP contribution in [0.5, 0.6) is 0 Å². The smallest absolute Gasteiger partial charge is 0.226 e. The molecule has 0 aliphatic heterocycles. The average molecular weight is 276 g/mol. The van der Waals surface area contributed by atoms with Crippen molar-refractivity contribution in [2.45, 2.75) is 38.0 Å². The first kappa shape index (κ1) is 12.9. The normalized spacial score (nSPS) is 25.2. The Kier molecular flexibility index (Phi) is 3.27. The maximum atomic E-state index is 11.9. The Balaban J connectivity index is 1.61. The van der Waals surface area contributed by atoms with E-state index < -0.39 is 6.10 Å². The third-order valence-electron chi connectivity index (χ3n) is 3.52. The first-order valence-electron chi connectivity index (χ1n) is 6.51. The molecule has 106 valence electrons. The second-order valence-corrected chi connectivity index (χ2v) is 5.13. The number of aliphatic hydroxyl groups is 1. The summed E-state index contributed by atoms with van der Waals surface area (Å²) in [5.41, 5.74) is 1.62. The van der Waals surface area contributed by atoms with E-state index in [0.717, 1.165) is 5.56 Å². The molecule has 1 aliphatic rings. The fourth-order valence-electron chi connectivity index (χ4n) is 2.46. The Bertz CT molecular complexity index is 593. The van der Waals surface area contributed by atoms with Gasteiger partial charge in [0, 0.05) is 12.3 Å². The van der Waals surface area contributed by atoms with Crippen molar-refractivity contribution in [3.05, 3.63) is 36.0 Å². The largest absolute Gasteiger partial charge is 0.391 e. The lowest BCUT2D eigenvalue weighted by Crippen LogP contribution is -2.56. The van der Waals surface area contributed by atoms with E-state index >= 15 is 0 Å². The van der Waals surface area contributed by atoms with Gasteiger partial charge in [0.15, 0.2) is 0 Å². The van der Waals surface area contributed by atoms with Crippen molar-refractivity contribution in [2.75, 3.05) is 0 Å². The molecule has 1 saturated carbocycles. The molecule has 3 atom stereocenters. The highest BCUT2D eigenvalue weighted by Gasteiger charge is 2.42. The molecule has 2 heterocycles. The summed E-state index contributed by atoms with van der Waals surface area (Å²) in [5, 5.41) is 20.7. The molecular formula is C13H16N4O3. The maximum absolute atomic E-state index is 11.9. The van der Waals surface area contributed by atoms with Crippen LogP contribution in [0.2, 0.25) is 0 Å². The van der Waals surface area contributed by atoms with Crippen molar-refractivity contribution in [1.29, 1.82) is 0 Å². The van der Waals surface area contributed by atoms with E-state index in [2.05, 4.69) is 20.1 Å². The molecule has 7 heteroatoms. The van der Waals surface area contributed by atoms with Crippen molar-refractivity contribution >= 4 is 5.91 Å². The zero-order valence-corrected chi connectivity index (χ0v) is 11.1. The molecular weight excluding hydrogens is 260 g/mol. The molecule has 0 bridgehead atoms. The predicted octanol–water partition coefficient (Wildman–Crippen LogP) is 0.213. The van der Waals surface area contributed by atoms with E-state index in [1.54, 1.807) is 16.9 Å². The number of hydrogen-bond acceptors (Lipinski definition) is 5. The topological polar surface area (TPSA) is 93.2 Å². The molecule has 7 nitrogen and oxygen atoms in total. The summed E-state index contributed by atoms with van der Waals surface area (Å²) < 4.78 is 6.40. The van der Waals surface area contributed by atoms with Gasteiger partial charge in [-0.3, -0.25) is 9.48 Å². The SMILES string of the molecule is Cc1cnn([C@H]2[C@H](O)C[C@@H]2NC(=O)Cc2ccon2)c1. The summed E-state index contributed by atoms with van der Waals surface area (Å²) in [6.45, 7) is 1.94. The first-order valence-corrected chi connectivity index (χ1v) is 6.51. The molecule has 3 rings (SSSR count). The second kappa shape index (κ2) is 5.09. The van der Waals surface area contributed by atoms with E-state index in [9.17, 15) is 9.90 Å². The third kappa shape index (κ3) is 2.44. The molecule has 1 fully saturated rings. The number of nitrogens with zero attached hydrogens (tertiary/aromatic N) is 3. The molecule has 2 N–H and O–H groups in total. The predicted molar refractivity (Wildman–Crippen MR) is 68.8 cm³/mol. The highest BCUT2D eigenvalue weighted by atomic mass is 16.5. The van der Waals surface area contributed by atoms with Gasteiger partial charge in [0.1, 0.15) is 6.26 Å². The Morgan fingerprint density at radius 2 is 2.50 bits per heavy atom. The Morgan fingerprint density at radius 1 is 1.65 bits per heavy atom. The molecule has 0 aromatic carbocycles. The van der Waals surface area contributed by atoms with Gasteiger partial charge in [-0.05, 0) is 18.9 Å². The minimum Gasteiger partial charge on any atom is -0.391 e. The summed E-state index contributed by atoms with van der Waals surface area (Å²) in [4.78, 5) is 11.9. The highest BCUT2D eigenvalue weighted by Crippen LogP contribution is 2.32. The number of carbonyl (C=O) groups excluding carboxylic acids is 1. The number of aromatic nitrogens is 3. The minimum absolute atomic E-state index is 0.108. The van der Waals surface area contributed by atoms with Gasteiger partial charge >= 0.3 is 0 Å². The standard InChI is InChI=1S/C13H16N4O3/c1-8-6-14-17(7-8)13-10(5-11(13)18)15-12(19)4-9-2-3-20-16-9/h2-3,6-7,10-11,13,18H,4-5H2,1H3,(H,15,19)/t10-,11+,13+/m0/s1. The summed E-state index contributed by atoms with van der Waals surface area (Å²) >= 11 is 0. The van der Waals surface area contributed by atoms with Crippen molar-refractivity contribution in [3.8, 4) is 0 Å². The Labute approximate surface area is 115 Å². The van der Waals surface area contributed by atoms with Crippen LogP contribution >= 0.6 is 0 Å². The van der Waals surface area contributed by atoms with Gasteiger partial charge in [0.25, 0.3) is 0 Å². The van der Waals surface area contributed by atoms with Crippen LogP contribution in [0.3, 0.4) is 0 Å². The molecule has 2 aromatic heterocycles. The van der Waals surface area contributed by atoms with Gasteiger partial charge in [0.05, 0.1) is 36.5 Å². The average Bonchev–Trinajstić information content (AvgIpc) is 3.00. The first-order chi connectivity index (χ1) is 9.63. The number of nitrogens with one attached hydrogen (secondary N) is 1. The summed E-state index contributed by atoms with van der Waals surface area (Å²) in [7, 11) is 0. The van der Waals surface area contributed by atoms with Crippen molar-refractivity contribution in [2.24, 2.45) is 0 Å². The van der Waals surface area contributed by atoms with E-state index in [-0.39, 0.29) is 24.4 Å². The fraction of sp³-hybridized carbons (Fsp3) is 0.462. The van der Waals surface area contributed by atoms with Crippen LogP contribution in [0.25, 0.3) is 0 Å². The van der Waals surface area contributed by atoms with Crippen LogP contribution in [0.1, 0.15) is 23.7 Å². The summed E-state index contributed by atoms with van der Waals surface area (Å²) in [6.07, 6.45) is 5.27. The molecule has 2 aromatic rings. The lowest BCUT2D eigenvalue weighted by atomic mass is 9.83. The van der Waals surface area contributed by atoms with Gasteiger partial charge in [-0.25, -0.2) is 0 Å². The Hall–Kier alpha value is -2.15. The number of aryl methyl sites for hydroxylation is 1. The van der Waals surface area contributed by atoms with Gasteiger partial charge in [-0.15, -0.1) is 0 Å². The van der Waals surface area contributed by atoms with Crippen LogP contribution in [-0.4, -0.2) is 38.1 Å². The van der Waals surface area contributed by atoms with Gasteiger partial charge in [-0.1, -0.05) is 5.16 Å². The van der Waals surface area contributed by atoms with Gasteiger partial charge in [-0.2, -0.15) is 5.10 Å². The molecule has 1 amide bonds. The van der Waals surface area contributed by atoms with E-state index in [4.69, 9.17) is 0 Å². The molecule has 20 heavy (non-hydrogen) atoms. The monoisotopic (exact) mass is 276 g/mol. The zero-order chi connectivity index (χ0) is 14.1. The van der Waals surface area contributed by atoms with Crippen molar-refractivity contribution in [3.63, 3.8) is 0 Å². The second-order valence-electron chi connectivity index (χ2n) is 5.13. The van der Waals surface area contributed by atoms with Crippen molar-refractivity contribution in [1.82, 2.24) is 20.3 Å². The zero-order valence-electron chi connectivity index (χ0n) is 11.1. The van der Waals surface area contributed by atoms with E-state index in [1.165, 1.54) is 6.26 Å². The summed E-state index contributed by atoms with van der Waals surface area (Å²) in [5.74, 6) is -0.135. The number of hydrogen-bond donors (Lipinski definition) is 2. The van der Waals surface area contributed by atoms with Crippen LogP contribution in [0, 0.1) is 6.92 Å². The summed E-state index contributed by atoms with van der Waals surface area (Å²) in [6, 6.07) is 1.34. The highest BCUT2D eigenvalue weighted by molar-refractivity contribution is 5.78. The van der Waals surface area contributed by atoms with Gasteiger partial charge < -0.3 is 14.9 Å². The van der Waals surface area contributed by atoms with E-state index in [0.29, 0.717) is 12.1 Å². The quantitative estimate of drug-likeness (QED) is 0.833. The van der Waals surface area contributed by atoms with Crippen LogP contribution in [0.15, 0.2) is 29.2 Å². The third-order valence-corrected chi connectivity index (χ3v) is 3.52. The number of aliphatic hydroxyl groups excluding tert-OH is 1.